The van der Waals surface area contributed by atoms with Crippen molar-refractivity contribution in [2.75, 3.05) is 0 Å². The molecule has 0 bridgehead atoms. The van der Waals surface area contributed by atoms with Crippen LogP contribution in [0.2, 0.25) is 0 Å². The van der Waals surface area contributed by atoms with E-state index in [1.807, 2.05) is 23.0 Å². The predicted molar refractivity (Wildman–Crippen MR) is 67.0 cm³/mol. The van der Waals surface area contributed by atoms with Gasteiger partial charge in [0.15, 0.2) is 0 Å². The third-order valence-corrected chi connectivity index (χ3v) is 4.62. The number of aryl methyl sites for hydroxylation is 1. The number of nitrogens with one attached hydrogen (secondary N) is 1. The first-order valence-electron chi connectivity index (χ1n) is 5.37. The Balaban J connectivity index is 1.73. The smallest absolute Gasteiger partial charge is 0.0900 e. The lowest BCUT2D eigenvalue weighted by molar-refractivity contribution is 0.478. The zero-order chi connectivity index (χ0) is 11.0. The topological polar surface area (TPSA) is 37.8 Å². The third-order valence-electron chi connectivity index (χ3n) is 2.81. The Morgan fingerprint density at radius 2 is 2.50 bits per heavy atom. The van der Waals surface area contributed by atoms with Crippen LogP contribution in [0.1, 0.15) is 20.5 Å². The van der Waals surface area contributed by atoms with Crippen molar-refractivity contribution in [2.24, 2.45) is 0 Å². The average Bonchev–Trinajstić information content (AvgIpc) is 2.85. The molecule has 2 aromatic heterocycles. The van der Waals surface area contributed by atoms with Crippen molar-refractivity contribution in [1.82, 2.24) is 15.3 Å². The standard InChI is InChI=1S/C11H13N3S2/c1-7-14-10-3-8(13-5-11(10)16-7)2-9-4-12-6-15-9/h4,6,8,13H,2-3,5H2,1H3. The van der Waals surface area contributed by atoms with Gasteiger partial charge in [0.2, 0.25) is 0 Å². The van der Waals surface area contributed by atoms with E-state index in [0.29, 0.717) is 6.04 Å². The minimum absolute atomic E-state index is 0.523. The van der Waals surface area contributed by atoms with Crippen molar-refractivity contribution in [1.29, 1.82) is 0 Å². The molecule has 84 valence electrons. The van der Waals surface area contributed by atoms with E-state index >= 15 is 0 Å². The van der Waals surface area contributed by atoms with E-state index in [9.17, 15) is 0 Å². The van der Waals surface area contributed by atoms with E-state index in [-0.39, 0.29) is 0 Å². The number of fused-ring (bicyclic) bond motifs is 1. The van der Waals surface area contributed by atoms with E-state index in [1.165, 1.54) is 20.5 Å². The fraction of sp³-hybridized carbons (Fsp3) is 0.455. The molecule has 0 saturated heterocycles. The number of hydrogen-bond acceptors (Lipinski definition) is 5. The quantitative estimate of drug-likeness (QED) is 0.889. The van der Waals surface area contributed by atoms with Gasteiger partial charge in [-0.05, 0) is 13.3 Å². The first-order chi connectivity index (χ1) is 7.81. The van der Waals surface area contributed by atoms with Crippen molar-refractivity contribution >= 4 is 22.7 Å². The SMILES string of the molecule is Cc1nc2c(s1)CNC(Cc1cncs1)C2. The highest BCUT2D eigenvalue weighted by atomic mass is 32.1. The van der Waals surface area contributed by atoms with Gasteiger partial charge in [-0.15, -0.1) is 22.7 Å². The molecule has 0 aliphatic carbocycles. The zero-order valence-electron chi connectivity index (χ0n) is 9.06. The second kappa shape index (κ2) is 4.24. The largest absolute Gasteiger partial charge is 0.308 e. The number of nitrogens with zero attached hydrogens (tertiary/aromatic N) is 2. The first kappa shape index (κ1) is 10.4. The van der Waals surface area contributed by atoms with Crippen LogP contribution in [0.4, 0.5) is 0 Å². The van der Waals surface area contributed by atoms with E-state index < -0.39 is 0 Å². The average molecular weight is 251 g/mol. The molecule has 5 heteroatoms. The van der Waals surface area contributed by atoms with Crippen LogP contribution in [0.5, 0.6) is 0 Å². The molecule has 3 heterocycles. The summed E-state index contributed by atoms with van der Waals surface area (Å²) in [5.74, 6) is 0. The number of rotatable bonds is 2. The summed E-state index contributed by atoms with van der Waals surface area (Å²) in [4.78, 5) is 11.5. The fourth-order valence-corrected chi connectivity index (χ4v) is 3.67. The number of hydrogen-bond donors (Lipinski definition) is 1. The lowest BCUT2D eigenvalue weighted by Crippen LogP contribution is -2.36. The number of aromatic nitrogens is 2. The van der Waals surface area contributed by atoms with Gasteiger partial charge in [0.25, 0.3) is 0 Å². The Hall–Kier alpha value is -0.780. The summed E-state index contributed by atoms with van der Waals surface area (Å²) < 4.78 is 0. The molecule has 3 nitrogen and oxygen atoms in total. The van der Waals surface area contributed by atoms with E-state index in [4.69, 9.17) is 0 Å². The maximum Gasteiger partial charge on any atom is 0.0900 e. The van der Waals surface area contributed by atoms with Crippen LogP contribution in [-0.2, 0) is 19.4 Å². The summed E-state index contributed by atoms with van der Waals surface area (Å²) >= 11 is 3.55. The molecule has 0 amide bonds. The Labute approximate surface area is 103 Å². The Morgan fingerprint density at radius 1 is 1.56 bits per heavy atom. The van der Waals surface area contributed by atoms with Crippen molar-refractivity contribution < 1.29 is 0 Å². The van der Waals surface area contributed by atoms with E-state index in [1.54, 1.807) is 11.3 Å². The molecule has 0 aromatic carbocycles. The predicted octanol–water partition coefficient (Wildman–Crippen LogP) is 2.17. The molecule has 1 N–H and O–H groups in total. The molecule has 0 fully saturated rings. The van der Waals surface area contributed by atoms with Gasteiger partial charge in [-0.3, -0.25) is 4.98 Å². The summed E-state index contributed by atoms with van der Waals surface area (Å²) in [5, 5.41) is 4.76. The summed E-state index contributed by atoms with van der Waals surface area (Å²) in [7, 11) is 0. The Kier molecular flexibility index (Phi) is 2.75. The molecule has 3 rings (SSSR count). The number of thiazole rings is 2. The van der Waals surface area contributed by atoms with Gasteiger partial charge in [0.1, 0.15) is 0 Å². The summed E-state index contributed by atoms with van der Waals surface area (Å²) in [5.41, 5.74) is 3.20. The van der Waals surface area contributed by atoms with Crippen molar-refractivity contribution in [3.63, 3.8) is 0 Å². The maximum absolute atomic E-state index is 4.60. The summed E-state index contributed by atoms with van der Waals surface area (Å²) in [6, 6.07) is 0.523. The van der Waals surface area contributed by atoms with Crippen LogP contribution in [0.25, 0.3) is 0 Å². The molecular weight excluding hydrogens is 238 g/mol. The van der Waals surface area contributed by atoms with Crippen LogP contribution < -0.4 is 5.32 Å². The highest BCUT2D eigenvalue weighted by Crippen LogP contribution is 2.24. The van der Waals surface area contributed by atoms with Gasteiger partial charge in [-0.1, -0.05) is 0 Å². The second-order valence-electron chi connectivity index (χ2n) is 4.06. The summed E-state index contributed by atoms with van der Waals surface area (Å²) in [6.45, 7) is 3.06. The molecule has 16 heavy (non-hydrogen) atoms. The Bertz CT molecular complexity index is 475. The van der Waals surface area contributed by atoms with Crippen molar-refractivity contribution in [2.45, 2.75) is 32.4 Å². The van der Waals surface area contributed by atoms with Crippen LogP contribution in [0.15, 0.2) is 11.7 Å². The third kappa shape index (κ3) is 2.03. The molecule has 1 unspecified atom stereocenters. The summed E-state index contributed by atoms with van der Waals surface area (Å²) in [6.07, 6.45) is 4.09. The van der Waals surface area contributed by atoms with E-state index in [2.05, 4.69) is 22.2 Å². The highest BCUT2D eigenvalue weighted by Gasteiger charge is 2.21. The molecule has 1 aliphatic rings. The fourth-order valence-electron chi connectivity index (χ4n) is 2.08. The highest BCUT2D eigenvalue weighted by molar-refractivity contribution is 7.11. The van der Waals surface area contributed by atoms with Crippen molar-refractivity contribution in [3.05, 3.63) is 32.2 Å². The minimum Gasteiger partial charge on any atom is -0.308 e. The zero-order valence-corrected chi connectivity index (χ0v) is 10.7. The molecule has 0 radical (unpaired) electrons. The lowest BCUT2D eigenvalue weighted by Gasteiger charge is -2.22. The van der Waals surface area contributed by atoms with Gasteiger partial charge >= 0.3 is 0 Å². The molecule has 1 atom stereocenters. The van der Waals surface area contributed by atoms with Crippen LogP contribution in [-0.4, -0.2) is 16.0 Å². The molecule has 2 aromatic rings. The van der Waals surface area contributed by atoms with Crippen LogP contribution in [0.3, 0.4) is 0 Å². The second-order valence-corrected chi connectivity index (χ2v) is 6.32. The van der Waals surface area contributed by atoms with Gasteiger partial charge < -0.3 is 5.32 Å². The van der Waals surface area contributed by atoms with Crippen LogP contribution in [0, 0.1) is 6.92 Å². The molecule has 0 saturated carbocycles. The maximum atomic E-state index is 4.60. The van der Waals surface area contributed by atoms with Gasteiger partial charge in [0.05, 0.1) is 16.2 Å². The van der Waals surface area contributed by atoms with Crippen molar-refractivity contribution in [3.8, 4) is 0 Å². The molecular formula is C11H13N3S2. The molecule has 1 aliphatic heterocycles. The molecule has 0 spiro atoms. The normalized spacial score (nSPS) is 19.7. The van der Waals surface area contributed by atoms with Gasteiger partial charge in [-0.2, -0.15) is 0 Å². The minimum atomic E-state index is 0.523. The van der Waals surface area contributed by atoms with Crippen LogP contribution >= 0.6 is 22.7 Å². The first-order valence-corrected chi connectivity index (χ1v) is 7.07. The lowest BCUT2D eigenvalue weighted by atomic mass is 10.0. The Morgan fingerprint density at radius 3 is 3.31 bits per heavy atom. The monoisotopic (exact) mass is 251 g/mol. The van der Waals surface area contributed by atoms with Gasteiger partial charge in [0, 0.05) is 35.0 Å². The van der Waals surface area contributed by atoms with E-state index in [0.717, 1.165) is 19.4 Å². The van der Waals surface area contributed by atoms with Gasteiger partial charge in [-0.25, -0.2) is 4.98 Å².